The number of allylic oxidation sites excluding steroid dienone is 4. The standard InChI is InChI=1S/C24H19N3S/c28-23-24(17-9-3-6-12-20(17)27-23,21-13-15-7-1-4-10-18(15)25-21)22-14-16-8-2-5-11-19(16)26-22/h1-8,10-14,17,25-26H,9H2,(H,27,28). The van der Waals surface area contributed by atoms with Crippen molar-refractivity contribution in [3.05, 3.63) is 96.0 Å². The molecule has 6 rings (SSSR count). The van der Waals surface area contributed by atoms with Crippen molar-refractivity contribution in [3.8, 4) is 0 Å². The summed E-state index contributed by atoms with van der Waals surface area (Å²) in [6.07, 6.45) is 7.47. The van der Waals surface area contributed by atoms with Gasteiger partial charge in [-0.15, -0.1) is 0 Å². The van der Waals surface area contributed by atoms with Crippen LogP contribution in [0.3, 0.4) is 0 Å². The number of nitrogens with one attached hydrogen (secondary N) is 3. The normalized spacial score (nSPS) is 20.4. The third-order valence-electron chi connectivity index (χ3n) is 6.21. The van der Waals surface area contributed by atoms with Crippen molar-refractivity contribution in [2.45, 2.75) is 11.8 Å². The van der Waals surface area contributed by atoms with Crippen molar-refractivity contribution in [2.75, 3.05) is 0 Å². The van der Waals surface area contributed by atoms with Crippen LogP contribution in [0.2, 0.25) is 0 Å². The van der Waals surface area contributed by atoms with Crippen LogP contribution in [0.5, 0.6) is 0 Å². The molecule has 1 saturated heterocycles. The average Bonchev–Trinajstić information content (AvgIpc) is 3.40. The minimum atomic E-state index is -0.441. The summed E-state index contributed by atoms with van der Waals surface area (Å²) in [5.41, 5.74) is 5.32. The quantitative estimate of drug-likeness (QED) is 0.411. The smallest absolute Gasteiger partial charge is 0.109 e. The Morgan fingerprint density at radius 2 is 1.46 bits per heavy atom. The van der Waals surface area contributed by atoms with Gasteiger partial charge in [0.15, 0.2) is 0 Å². The molecule has 3 N–H and O–H groups in total. The zero-order valence-corrected chi connectivity index (χ0v) is 16.0. The van der Waals surface area contributed by atoms with Gasteiger partial charge in [-0.2, -0.15) is 0 Å². The predicted octanol–water partition coefficient (Wildman–Crippen LogP) is 5.33. The summed E-state index contributed by atoms with van der Waals surface area (Å²) in [4.78, 5) is 8.22. The highest BCUT2D eigenvalue weighted by Crippen LogP contribution is 2.50. The first kappa shape index (κ1) is 15.9. The number of H-pyrrole nitrogens is 2. The van der Waals surface area contributed by atoms with Gasteiger partial charge in [0.2, 0.25) is 0 Å². The van der Waals surface area contributed by atoms with Crippen molar-refractivity contribution < 1.29 is 0 Å². The van der Waals surface area contributed by atoms with E-state index in [2.05, 4.69) is 94.2 Å². The van der Waals surface area contributed by atoms with Crippen LogP contribution in [0.15, 0.2) is 84.6 Å². The van der Waals surface area contributed by atoms with Gasteiger partial charge in [-0.25, -0.2) is 0 Å². The lowest BCUT2D eigenvalue weighted by atomic mass is 9.69. The van der Waals surface area contributed by atoms with E-state index in [1.807, 2.05) is 0 Å². The lowest BCUT2D eigenvalue weighted by Gasteiger charge is -2.33. The Hall–Kier alpha value is -3.11. The second-order valence-corrected chi connectivity index (χ2v) is 8.05. The molecule has 0 radical (unpaired) electrons. The fraction of sp³-hybridized carbons (Fsp3) is 0.125. The average molecular weight is 382 g/mol. The van der Waals surface area contributed by atoms with Crippen LogP contribution in [0.4, 0.5) is 0 Å². The summed E-state index contributed by atoms with van der Waals surface area (Å²) in [7, 11) is 0. The van der Waals surface area contributed by atoms with Gasteiger partial charge in [0.1, 0.15) is 5.41 Å². The number of thiocarbonyl (C=S) groups is 1. The lowest BCUT2D eigenvalue weighted by molar-refractivity contribution is 0.481. The topological polar surface area (TPSA) is 43.6 Å². The summed E-state index contributed by atoms with van der Waals surface area (Å²) in [5, 5.41) is 5.95. The molecule has 136 valence electrons. The van der Waals surface area contributed by atoms with E-state index < -0.39 is 5.41 Å². The fourth-order valence-electron chi connectivity index (χ4n) is 4.89. The molecule has 2 aromatic carbocycles. The number of hydrogen-bond donors (Lipinski definition) is 3. The zero-order chi connectivity index (χ0) is 18.7. The van der Waals surface area contributed by atoms with Gasteiger partial charge in [-0.3, -0.25) is 0 Å². The molecule has 1 aliphatic carbocycles. The summed E-state index contributed by atoms with van der Waals surface area (Å²) < 4.78 is 0. The molecule has 4 heteroatoms. The molecule has 1 atom stereocenters. The molecule has 1 aliphatic heterocycles. The van der Waals surface area contributed by atoms with Crippen molar-refractivity contribution in [1.82, 2.24) is 15.3 Å². The molecule has 0 saturated carbocycles. The maximum atomic E-state index is 6.02. The van der Waals surface area contributed by atoms with Crippen LogP contribution in [0.1, 0.15) is 17.8 Å². The molecule has 1 unspecified atom stereocenters. The van der Waals surface area contributed by atoms with E-state index in [0.717, 1.165) is 33.8 Å². The molecule has 4 aromatic rings. The number of benzene rings is 2. The number of para-hydroxylation sites is 2. The number of aromatic nitrogens is 2. The zero-order valence-electron chi connectivity index (χ0n) is 15.2. The van der Waals surface area contributed by atoms with Gasteiger partial charge in [-0.05, 0) is 47.5 Å². The van der Waals surface area contributed by atoms with Crippen molar-refractivity contribution in [3.63, 3.8) is 0 Å². The van der Waals surface area contributed by atoms with Crippen LogP contribution < -0.4 is 5.32 Å². The van der Waals surface area contributed by atoms with Gasteiger partial charge < -0.3 is 15.3 Å². The summed E-state index contributed by atoms with van der Waals surface area (Å²) >= 11 is 6.02. The molecular weight excluding hydrogens is 362 g/mol. The Labute approximate surface area is 168 Å². The minimum Gasteiger partial charge on any atom is -0.357 e. The molecule has 0 amide bonds. The van der Waals surface area contributed by atoms with E-state index in [4.69, 9.17) is 12.2 Å². The number of rotatable bonds is 2. The van der Waals surface area contributed by atoms with Crippen molar-refractivity contribution in [2.24, 2.45) is 5.92 Å². The lowest BCUT2D eigenvalue weighted by Crippen LogP contribution is -2.40. The van der Waals surface area contributed by atoms with Crippen LogP contribution in [0.25, 0.3) is 21.8 Å². The van der Waals surface area contributed by atoms with Gasteiger partial charge in [-0.1, -0.05) is 60.8 Å². The molecule has 0 bridgehead atoms. The van der Waals surface area contributed by atoms with Gasteiger partial charge in [0, 0.05) is 34.0 Å². The maximum Gasteiger partial charge on any atom is 0.109 e. The van der Waals surface area contributed by atoms with Crippen LogP contribution in [-0.2, 0) is 5.41 Å². The molecule has 3 nitrogen and oxygen atoms in total. The second kappa shape index (κ2) is 5.69. The Kier molecular flexibility index (Phi) is 3.23. The van der Waals surface area contributed by atoms with E-state index in [9.17, 15) is 0 Å². The summed E-state index contributed by atoms with van der Waals surface area (Å²) in [6, 6.07) is 21.4. The molecule has 1 fully saturated rings. The number of fused-ring (bicyclic) bond motifs is 3. The van der Waals surface area contributed by atoms with Crippen LogP contribution in [0, 0.1) is 5.92 Å². The van der Waals surface area contributed by atoms with Gasteiger partial charge in [0.25, 0.3) is 0 Å². The third-order valence-corrected chi connectivity index (χ3v) is 6.63. The Balaban J connectivity index is 1.68. The van der Waals surface area contributed by atoms with Gasteiger partial charge in [0.05, 0.1) is 4.99 Å². The van der Waals surface area contributed by atoms with Gasteiger partial charge >= 0.3 is 0 Å². The molecular formula is C24H19N3S. The third kappa shape index (κ3) is 2.01. The number of hydrogen-bond acceptors (Lipinski definition) is 1. The summed E-state index contributed by atoms with van der Waals surface area (Å²) in [5.74, 6) is 0.242. The van der Waals surface area contributed by atoms with E-state index in [1.165, 1.54) is 16.5 Å². The Morgan fingerprint density at radius 3 is 2.07 bits per heavy atom. The fourth-order valence-corrected chi connectivity index (χ4v) is 5.37. The summed E-state index contributed by atoms with van der Waals surface area (Å²) in [6.45, 7) is 0. The van der Waals surface area contributed by atoms with Crippen molar-refractivity contribution >= 4 is 39.0 Å². The largest absolute Gasteiger partial charge is 0.357 e. The monoisotopic (exact) mass is 381 g/mol. The first-order valence-corrected chi connectivity index (χ1v) is 10.0. The molecule has 3 heterocycles. The Morgan fingerprint density at radius 1 is 0.857 bits per heavy atom. The van der Waals surface area contributed by atoms with E-state index in [0.29, 0.717) is 0 Å². The van der Waals surface area contributed by atoms with Crippen LogP contribution >= 0.6 is 12.2 Å². The van der Waals surface area contributed by atoms with E-state index >= 15 is 0 Å². The molecule has 0 spiro atoms. The first-order chi connectivity index (χ1) is 13.8. The molecule has 28 heavy (non-hydrogen) atoms. The van der Waals surface area contributed by atoms with E-state index in [1.54, 1.807) is 0 Å². The highest BCUT2D eigenvalue weighted by molar-refractivity contribution is 7.80. The highest BCUT2D eigenvalue weighted by Gasteiger charge is 2.54. The highest BCUT2D eigenvalue weighted by atomic mass is 32.1. The predicted molar refractivity (Wildman–Crippen MR) is 118 cm³/mol. The SMILES string of the molecule is S=C1NC2=CC=CCC2C1(c1cc2ccccc2[nH]1)c1cc2ccccc2[nH]1. The van der Waals surface area contributed by atoms with Crippen LogP contribution in [-0.4, -0.2) is 15.0 Å². The maximum absolute atomic E-state index is 6.02. The second-order valence-electron chi connectivity index (χ2n) is 7.64. The minimum absolute atomic E-state index is 0.242. The van der Waals surface area contributed by atoms with E-state index in [-0.39, 0.29) is 5.92 Å². The van der Waals surface area contributed by atoms with Crippen molar-refractivity contribution in [1.29, 1.82) is 0 Å². The Bertz CT molecular complexity index is 1160. The molecule has 2 aliphatic rings. The number of aromatic amines is 2. The molecule has 2 aromatic heterocycles. The first-order valence-electron chi connectivity index (χ1n) is 9.61.